The molecule has 0 saturated carbocycles. The van der Waals surface area contributed by atoms with Crippen molar-refractivity contribution < 1.29 is 4.74 Å². The fourth-order valence-electron chi connectivity index (χ4n) is 2.66. The maximum absolute atomic E-state index is 5.11. The lowest BCUT2D eigenvalue weighted by atomic mass is 10.0. The number of hydrogen-bond acceptors (Lipinski definition) is 3. The van der Waals surface area contributed by atoms with E-state index in [0.717, 1.165) is 19.1 Å². The second kappa shape index (κ2) is 8.90. The van der Waals surface area contributed by atoms with E-state index in [-0.39, 0.29) is 0 Å². The van der Waals surface area contributed by atoms with Crippen LogP contribution in [0.25, 0.3) is 0 Å². The molecule has 0 aliphatic carbocycles. The number of nitrogens with one attached hydrogen (secondary N) is 2. The van der Waals surface area contributed by atoms with E-state index in [1.54, 1.807) is 7.11 Å². The fraction of sp³-hybridized carbons (Fsp3) is 1.00. The van der Waals surface area contributed by atoms with Crippen molar-refractivity contribution in [2.75, 3.05) is 20.3 Å². The lowest BCUT2D eigenvalue weighted by Gasteiger charge is -2.24. The molecule has 0 amide bonds. The van der Waals surface area contributed by atoms with Gasteiger partial charge in [-0.2, -0.15) is 0 Å². The Kier molecular flexibility index (Phi) is 7.82. The second-order valence-electron chi connectivity index (χ2n) is 5.49. The van der Waals surface area contributed by atoms with Gasteiger partial charge >= 0.3 is 0 Å². The van der Waals surface area contributed by atoms with Gasteiger partial charge in [-0.15, -0.1) is 0 Å². The normalized spacial score (nSPS) is 25.2. The second-order valence-corrected chi connectivity index (χ2v) is 5.49. The lowest BCUT2D eigenvalue weighted by Crippen LogP contribution is -2.40. The van der Waals surface area contributed by atoms with Crippen molar-refractivity contribution in [2.45, 2.75) is 70.5 Å². The van der Waals surface area contributed by atoms with Crippen LogP contribution in [0, 0.1) is 0 Å². The average molecular weight is 242 g/mol. The first-order chi connectivity index (χ1) is 8.22. The van der Waals surface area contributed by atoms with Crippen molar-refractivity contribution >= 4 is 0 Å². The summed E-state index contributed by atoms with van der Waals surface area (Å²) >= 11 is 0. The summed E-state index contributed by atoms with van der Waals surface area (Å²) in [6.07, 6.45) is 7.83. The summed E-state index contributed by atoms with van der Waals surface area (Å²) in [5.74, 6) is 0. The molecule has 17 heavy (non-hydrogen) atoms. The lowest BCUT2D eigenvalue weighted by molar-refractivity contribution is 0.182. The molecule has 1 fully saturated rings. The minimum Gasteiger partial charge on any atom is -0.385 e. The van der Waals surface area contributed by atoms with Crippen LogP contribution in [0.1, 0.15) is 52.4 Å². The molecule has 102 valence electrons. The molecule has 3 nitrogen and oxygen atoms in total. The molecular weight excluding hydrogens is 212 g/mol. The summed E-state index contributed by atoms with van der Waals surface area (Å²) in [6.45, 7) is 6.60. The molecule has 0 radical (unpaired) electrons. The molecule has 1 saturated heterocycles. The van der Waals surface area contributed by atoms with Gasteiger partial charge in [0.2, 0.25) is 0 Å². The van der Waals surface area contributed by atoms with Crippen LogP contribution in [0.4, 0.5) is 0 Å². The summed E-state index contributed by atoms with van der Waals surface area (Å²) in [5, 5.41) is 7.33. The minimum absolute atomic E-state index is 0.552. The number of methoxy groups -OCH3 is 1. The van der Waals surface area contributed by atoms with Crippen molar-refractivity contribution in [3.8, 4) is 0 Å². The van der Waals surface area contributed by atoms with Crippen LogP contribution < -0.4 is 10.6 Å². The van der Waals surface area contributed by atoms with Crippen LogP contribution >= 0.6 is 0 Å². The predicted octanol–water partition coefficient (Wildman–Crippen LogP) is 2.31. The quantitative estimate of drug-likeness (QED) is 0.719. The Morgan fingerprint density at radius 3 is 2.82 bits per heavy atom. The SMILES string of the molecule is COCCC(C)NC(C)CC1CCCCCN1. The Bertz CT molecular complexity index is 179. The van der Waals surface area contributed by atoms with Gasteiger partial charge < -0.3 is 15.4 Å². The molecule has 0 spiro atoms. The van der Waals surface area contributed by atoms with Crippen LogP contribution in [0.5, 0.6) is 0 Å². The highest BCUT2D eigenvalue weighted by atomic mass is 16.5. The summed E-state index contributed by atoms with van der Waals surface area (Å²) in [5.41, 5.74) is 0. The summed E-state index contributed by atoms with van der Waals surface area (Å²) < 4.78 is 5.11. The molecule has 1 aliphatic rings. The third-order valence-corrected chi connectivity index (χ3v) is 3.62. The van der Waals surface area contributed by atoms with E-state index in [0.29, 0.717) is 12.1 Å². The largest absolute Gasteiger partial charge is 0.385 e. The zero-order valence-electron chi connectivity index (χ0n) is 11.8. The Hall–Kier alpha value is -0.120. The zero-order valence-corrected chi connectivity index (χ0v) is 11.8. The van der Waals surface area contributed by atoms with Crippen LogP contribution in [0.3, 0.4) is 0 Å². The van der Waals surface area contributed by atoms with Crippen LogP contribution in [-0.4, -0.2) is 38.4 Å². The van der Waals surface area contributed by atoms with Crippen molar-refractivity contribution in [3.63, 3.8) is 0 Å². The third kappa shape index (κ3) is 7.02. The van der Waals surface area contributed by atoms with Gasteiger partial charge in [-0.05, 0) is 46.1 Å². The third-order valence-electron chi connectivity index (χ3n) is 3.62. The highest BCUT2D eigenvalue weighted by molar-refractivity contribution is 4.77. The highest BCUT2D eigenvalue weighted by Gasteiger charge is 2.15. The molecule has 1 aliphatic heterocycles. The van der Waals surface area contributed by atoms with Gasteiger partial charge in [0.05, 0.1) is 0 Å². The van der Waals surface area contributed by atoms with Gasteiger partial charge in [0.25, 0.3) is 0 Å². The number of rotatable bonds is 7. The van der Waals surface area contributed by atoms with Gasteiger partial charge in [0.1, 0.15) is 0 Å². The molecule has 1 rings (SSSR count). The Balaban J connectivity index is 2.15. The van der Waals surface area contributed by atoms with Gasteiger partial charge in [-0.25, -0.2) is 0 Å². The maximum atomic E-state index is 5.11. The number of hydrogen-bond donors (Lipinski definition) is 2. The Labute approximate surface area is 107 Å². The van der Waals surface area contributed by atoms with Crippen LogP contribution in [0.15, 0.2) is 0 Å². The molecule has 0 bridgehead atoms. The first kappa shape index (κ1) is 14.9. The van der Waals surface area contributed by atoms with Crippen molar-refractivity contribution in [1.29, 1.82) is 0 Å². The van der Waals surface area contributed by atoms with Crippen molar-refractivity contribution in [3.05, 3.63) is 0 Å². The molecule has 0 aromatic carbocycles. The van der Waals surface area contributed by atoms with E-state index >= 15 is 0 Å². The molecule has 2 N–H and O–H groups in total. The maximum Gasteiger partial charge on any atom is 0.0476 e. The van der Waals surface area contributed by atoms with E-state index in [2.05, 4.69) is 24.5 Å². The van der Waals surface area contributed by atoms with Crippen LogP contribution in [0.2, 0.25) is 0 Å². The van der Waals surface area contributed by atoms with E-state index < -0.39 is 0 Å². The van der Waals surface area contributed by atoms with Crippen molar-refractivity contribution in [2.24, 2.45) is 0 Å². The molecule has 3 unspecified atom stereocenters. The van der Waals surface area contributed by atoms with Gasteiger partial charge in [0.15, 0.2) is 0 Å². The topological polar surface area (TPSA) is 33.3 Å². The smallest absolute Gasteiger partial charge is 0.0476 e. The molecule has 0 aromatic heterocycles. The van der Waals surface area contributed by atoms with E-state index in [4.69, 9.17) is 4.74 Å². The standard InChI is InChI=1S/C14H30N2O/c1-12(8-10-17-3)16-13(2)11-14-7-5-4-6-9-15-14/h12-16H,4-11H2,1-3H3. The highest BCUT2D eigenvalue weighted by Crippen LogP contribution is 2.13. The first-order valence-corrected chi connectivity index (χ1v) is 7.20. The van der Waals surface area contributed by atoms with E-state index in [9.17, 15) is 0 Å². The van der Waals surface area contributed by atoms with Gasteiger partial charge in [0, 0.05) is 31.8 Å². The summed E-state index contributed by atoms with van der Waals surface area (Å²) in [6, 6.07) is 1.86. The van der Waals surface area contributed by atoms with Crippen LogP contribution in [-0.2, 0) is 4.74 Å². The average Bonchev–Trinajstić information content (AvgIpc) is 2.54. The fourth-order valence-corrected chi connectivity index (χ4v) is 2.66. The minimum atomic E-state index is 0.552. The zero-order chi connectivity index (χ0) is 12.5. The molecule has 1 heterocycles. The molecular formula is C14H30N2O. The van der Waals surface area contributed by atoms with E-state index in [1.165, 1.54) is 38.6 Å². The van der Waals surface area contributed by atoms with Crippen molar-refractivity contribution in [1.82, 2.24) is 10.6 Å². The summed E-state index contributed by atoms with van der Waals surface area (Å²) in [7, 11) is 1.77. The Morgan fingerprint density at radius 2 is 2.06 bits per heavy atom. The monoisotopic (exact) mass is 242 g/mol. The first-order valence-electron chi connectivity index (χ1n) is 7.20. The predicted molar refractivity (Wildman–Crippen MR) is 73.4 cm³/mol. The molecule has 3 heteroatoms. The van der Waals surface area contributed by atoms with Gasteiger partial charge in [-0.3, -0.25) is 0 Å². The van der Waals surface area contributed by atoms with Gasteiger partial charge in [-0.1, -0.05) is 12.8 Å². The Morgan fingerprint density at radius 1 is 1.24 bits per heavy atom. The van der Waals surface area contributed by atoms with E-state index in [1.807, 2.05) is 0 Å². The molecule has 0 aromatic rings. The number of ether oxygens (including phenoxy) is 1. The summed E-state index contributed by atoms with van der Waals surface area (Å²) in [4.78, 5) is 0. The molecule has 3 atom stereocenters.